The lowest BCUT2D eigenvalue weighted by Gasteiger charge is -2.37. The Morgan fingerprint density at radius 2 is 1.86 bits per heavy atom. The topological polar surface area (TPSA) is 38.3 Å². The van der Waals surface area contributed by atoms with E-state index in [1.54, 1.807) is 7.11 Å². The molecule has 122 valence electrons. The first-order valence-electron chi connectivity index (χ1n) is 7.95. The maximum absolute atomic E-state index is 12.5. The van der Waals surface area contributed by atoms with Crippen molar-refractivity contribution in [1.82, 2.24) is 5.32 Å². The van der Waals surface area contributed by atoms with Gasteiger partial charge in [-0.15, -0.1) is 0 Å². The third-order valence-corrected chi connectivity index (χ3v) is 5.19. The molecule has 0 bridgehead atoms. The Labute approximate surface area is 141 Å². The number of nitrogens with one attached hydrogen (secondary N) is 1. The Bertz CT molecular complexity index is 528. The molecule has 1 aromatic carbocycles. The summed E-state index contributed by atoms with van der Waals surface area (Å²) in [5, 5.41) is 3.17. The fourth-order valence-electron chi connectivity index (χ4n) is 3.22. The van der Waals surface area contributed by atoms with E-state index in [9.17, 15) is 4.79 Å². The Morgan fingerprint density at radius 3 is 2.41 bits per heavy atom. The maximum Gasteiger partial charge on any atom is 0.255 e. The van der Waals surface area contributed by atoms with Crippen molar-refractivity contribution in [3.8, 4) is 5.75 Å². The van der Waals surface area contributed by atoms with Crippen LogP contribution >= 0.6 is 15.9 Å². The maximum atomic E-state index is 12.5. The van der Waals surface area contributed by atoms with E-state index in [2.05, 4.69) is 42.0 Å². The molecule has 0 heterocycles. The van der Waals surface area contributed by atoms with Crippen LogP contribution in [0.2, 0.25) is 0 Å². The van der Waals surface area contributed by atoms with E-state index in [1.165, 1.54) is 12.8 Å². The van der Waals surface area contributed by atoms with Crippen LogP contribution in [0, 0.1) is 11.3 Å². The molecule has 0 aliphatic heterocycles. The van der Waals surface area contributed by atoms with Crippen LogP contribution in [-0.2, 0) is 0 Å². The normalized spacial score (nSPS) is 22.2. The number of methoxy groups -OCH3 is 1. The molecule has 0 radical (unpaired) electrons. The molecule has 2 rings (SSSR count). The van der Waals surface area contributed by atoms with Crippen LogP contribution in [0.4, 0.5) is 0 Å². The van der Waals surface area contributed by atoms with Crippen LogP contribution in [0.15, 0.2) is 22.7 Å². The van der Waals surface area contributed by atoms with Crippen molar-refractivity contribution in [2.45, 2.75) is 52.5 Å². The molecular weight excluding hydrogens is 342 g/mol. The minimum atomic E-state index is -0.0441. The number of carbonyl (C=O) groups excluding carboxylic acids is 1. The van der Waals surface area contributed by atoms with Crippen LogP contribution in [0.25, 0.3) is 0 Å². The number of hydrogen-bond acceptors (Lipinski definition) is 2. The van der Waals surface area contributed by atoms with Gasteiger partial charge >= 0.3 is 0 Å². The lowest BCUT2D eigenvalue weighted by molar-refractivity contribution is 0.0901. The zero-order valence-corrected chi connectivity index (χ0v) is 15.5. The lowest BCUT2D eigenvalue weighted by atomic mass is 9.71. The first-order chi connectivity index (χ1) is 10.3. The molecule has 1 N–H and O–H groups in total. The fraction of sp³-hybridized carbons (Fsp3) is 0.611. The van der Waals surface area contributed by atoms with Gasteiger partial charge in [-0.3, -0.25) is 4.79 Å². The molecule has 4 heteroatoms. The van der Waals surface area contributed by atoms with Crippen LogP contribution in [0.1, 0.15) is 56.8 Å². The quantitative estimate of drug-likeness (QED) is 0.833. The monoisotopic (exact) mass is 367 g/mol. The van der Waals surface area contributed by atoms with Crippen molar-refractivity contribution in [2.75, 3.05) is 7.11 Å². The zero-order valence-electron chi connectivity index (χ0n) is 13.9. The minimum Gasteiger partial charge on any atom is -0.496 e. The molecule has 0 aromatic heterocycles. The van der Waals surface area contributed by atoms with Gasteiger partial charge in [0.25, 0.3) is 5.91 Å². The number of benzene rings is 1. The molecular formula is C18H26BrNO2. The molecule has 0 saturated heterocycles. The van der Waals surface area contributed by atoms with Crippen LogP contribution < -0.4 is 10.1 Å². The van der Waals surface area contributed by atoms with Gasteiger partial charge < -0.3 is 10.1 Å². The lowest BCUT2D eigenvalue weighted by Crippen LogP contribution is -2.39. The van der Waals surface area contributed by atoms with Gasteiger partial charge in [-0.2, -0.15) is 0 Å². The van der Waals surface area contributed by atoms with Gasteiger partial charge in [0, 0.05) is 10.5 Å². The van der Waals surface area contributed by atoms with Gasteiger partial charge in [0.05, 0.1) is 12.7 Å². The highest BCUT2D eigenvalue weighted by atomic mass is 79.9. The first kappa shape index (κ1) is 17.3. The Hall–Kier alpha value is -1.03. The number of rotatable bonds is 3. The molecule has 0 atom stereocenters. The fourth-order valence-corrected chi connectivity index (χ4v) is 3.59. The van der Waals surface area contributed by atoms with E-state index in [4.69, 9.17) is 4.74 Å². The average molecular weight is 368 g/mol. The number of ether oxygens (including phenoxy) is 1. The van der Waals surface area contributed by atoms with Crippen molar-refractivity contribution < 1.29 is 9.53 Å². The van der Waals surface area contributed by atoms with E-state index < -0.39 is 0 Å². The highest BCUT2D eigenvalue weighted by Gasteiger charge is 2.30. The van der Waals surface area contributed by atoms with E-state index in [1.807, 2.05) is 18.2 Å². The van der Waals surface area contributed by atoms with E-state index in [-0.39, 0.29) is 11.9 Å². The van der Waals surface area contributed by atoms with E-state index in [0.717, 1.165) is 23.2 Å². The summed E-state index contributed by atoms with van der Waals surface area (Å²) in [6.07, 6.45) is 4.49. The van der Waals surface area contributed by atoms with Crippen molar-refractivity contribution in [2.24, 2.45) is 11.3 Å². The average Bonchev–Trinajstić information content (AvgIpc) is 2.46. The first-order valence-corrected chi connectivity index (χ1v) is 8.75. The summed E-state index contributed by atoms with van der Waals surface area (Å²) in [4.78, 5) is 12.5. The molecule has 0 unspecified atom stereocenters. The SMILES string of the molecule is COc1ccc(Br)cc1C(=O)NC1CCC(C(C)(C)C)CC1. The number of halogens is 1. The van der Waals surface area contributed by atoms with Crippen molar-refractivity contribution in [3.05, 3.63) is 28.2 Å². The van der Waals surface area contributed by atoms with Crippen LogP contribution in [-0.4, -0.2) is 19.1 Å². The predicted molar refractivity (Wildman–Crippen MR) is 93.4 cm³/mol. The van der Waals surface area contributed by atoms with Crippen molar-refractivity contribution >= 4 is 21.8 Å². The smallest absolute Gasteiger partial charge is 0.255 e. The molecule has 1 saturated carbocycles. The number of amides is 1. The summed E-state index contributed by atoms with van der Waals surface area (Å²) in [5.41, 5.74) is 0.956. The van der Waals surface area contributed by atoms with E-state index >= 15 is 0 Å². The summed E-state index contributed by atoms with van der Waals surface area (Å²) in [6, 6.07) is 5.78. The Morgan fingerprint density at radius 1 is 1.23 bits per heavy atom. The summed E-state index contributed by atoms with van der Waals surface area (Å²) in [7, 11) is 1.59. The molecule has 3 nitrogen and oxygen atoms in total. The summed E-state index contributed by atoms with van der Waals surface area (Å²) >= 11 is 3.41. The van der Waals surface area contributed by atoms with E-state index in [0.29, 0.717) is 16.7 Å². The standard InChI is InChI=1S/C18H26BrNO2/c1-18(2,3)12-5-8-14(9-6-12)20-17(21)15-11-13(19)7-10-16(15)22-4/h7,10-12,14H,5-6,8-9H2,1-4H3,(H,20,21). The number of carbonyl (C=O) groups is 1. The largest absolute Gasteiger partial charge is 0.496 e. The Balaban J connectivity index is 1.98. The van der Waals surface area contributed by atoms with Crippen molar-refractivity contribution in [1.29, 1.82) is 0 Å². The third-order valence-electron chi connectivity index (χ3n) is 4.69. The van der Waals surface area contributed by atoms with Gasteiger partial charge in [0.1, 0.15) is 5.75 Å². The molecule has 0 spiro atoms. The molecule has 1 fully saturated rings. The molecule has 1 aliphatic rings. The molecule has 22 heavy (non-hydrogen) atoms. The third kappa shape index (κ3) is 4.25. The van der Waals surface area contributed by atoms with Gasteiger partial charge in [0.2, 0.25) is 0 Å². The highest BCUT2D eigenvalue weighted by Crippen LogP contribution is 2.37. The van der Waals surface area contributed by atoms with Gasteiger partial charge in [-0.05, 0) is 55.2 Å². The second kappa shape index (κ2) is 7.03. The highest BCUT2D eigenvalue weighted by molar-refractivity contribution is 9.10. The summed E-state index contributed by atoms with van der Waals surface area (Å²) in [5.74, 6) is 1.32. The van der Waals surface area contributed by atoms with Gasteiger partial charge in [-0.1, -0.05) is 36.7 Å². The van der Waals surface area contributed by atoms with Crippen molar-refractivity contribution in [3.63, 3.8) is 0 Å². The Kier molecular flexibility index (Phi) is 5.54. The molecule has 1 aromatic rings. The van der Waals surface area contributed by atoms with Crippen LogP contribution in [0.5, 0.6) is 5.75 Å². The predicted octanol–water partition coefficient (Wildman–Crippen LogP) is 4.79. The van der Waals surface area contributed by atoms with Gasteiger partial charge in [-0.25, -0.2) is 0 Å². The number of hydrogen-bond donors (Lipinski definition) is 1. The van der Waals surface area contributed by atoms with Gasteiger partial charge in [0.15, 0.2) is 0 Å². The van der Waals surface area contributed by atoms with Crippen LogP contribution in [0.3, 0.4) is 0 Å². The summed E-state index contributed by atoms with van der Waals surface area (Å²) in [6.45, 7) is 6.93. The molecule has 1 amide bonds. The minimum absolute atomic E-state index is 0.0441. The second-order valence-corrected chi connectivity index (χ2v) is 8.15. The summed E-state index contributed by atoms with van der Waals surface area (Å²) < 4.78 is 6.17. The second-order valence-electron chi connectivity index (χ2n) is 7.23. The zero-order chi connectivity index (χ0) is 16.3. The molecule has 1 aliphatic carbocycles.